The van der Waals surface area contributed by atoms with E-state index in [2.05, 4.69) is 16.3 Å². The highest BCUT2D eigenvalue weighted by atomic mass is 16.2. The van der Waals surface area contributed by atoms with E-state index >= 15 is 0 Å². The molecule has 1 aromatic carbocycles. The van der Waals surface area contributed by atoms with Gasteiger partial charge in [0.05, 0.1) is 0 Å². The predicted molar refractivity (Wildman–Crippen MR) is 107 cm³/mol. The molecule has 3 heterocycles. The van der Waals surface area contributed by atoms with Crippen LogP contribution in [0.2, 0.25) is 0 Å². The Morgan fingerprint density at radius 1 is 1.21 bits per heavy atom. The van der Waals surface area contributed by atoms with Gasteiger partial charge in [-0.1, -0.05) is 18.6 Å². The van der Waals surface area contributed by atoms with E-state index < -0.39 is 6.04 Å². The number of amides is 3. The van der Waals surface area contributed by atoms with Crippen LogP contribution in [0.5, 0.6) is 0 Å². The number of hydrogen-bond acceptors (Lipinski definition) is 5. The fourth-order valence-corrected chi connectivity index (χ4v) is 5.90. The van der Waals surface area contributed by atoms with Gasteiger partial charge in [0.2, 0.25) is 11.8 Å². The number of carbonyl (C=O) groups is 3. The molecule has 3 unspecified atom stereocenters. The molecule has 1 saturated carbocycles. The Labute approximate surface area is 170 Å². The van der Waals surface area contributed by atoms with Gasteiger partial charge in [-0.25, -0.2) is 0 Å². The van der Waals surface area contributed by atoms with Gasteiger partial charge in [0, 0.05) is 43.7 Å². The number of nitrogens with zero attached hydrogens (tertiary/aromatic N) is 2. The maximum atomic E-state index is 12.9. The number of likely N-dealkylation sites (tertiary alicyclic amines) is 1. The third-order valence-electron chi connectivity index (χ3n) is 7.41. The second-order valence-corrected chi connectivity index (χ2v) is 9.16. The van der Waals surface area contributed by atoms with Gasteiger partial charge in [-0.3, -0.25) is 24.6 Å². The van der Waals surface area contributed by atoms with E-state index in [9.17, 15) is 14.4 Å². The molecular weight excluding hydrogens is 368 g/mol. The van der Waals surface area contributed by atoms with Crippen LogP contribution >= 0.6 is 0 Å². The molecule has 7 nitrogen and oxygen atoms in total. The first-order chi connectivity index (χ1) is 14.0. The van der Waals surface area contributed by atoms with Crippen molar-refractivity contribution in [2.45, 2.75) is 63.2 Å². The molecule has 7 heteroatoms. The number of piperidine rings is 1. The van der Waals surface area contributed by atoms with Crippen LogP contribution in [0.15, 0.2) is 18.2 Å². The van der Waals surface area contributed by atoms with Gasteiger partial charge in [-0.05, 0) is 48.8 Å². The van der Waals surface area contributed by atoms with Crippen LogP contribution in [-0.4, -0.2) is 52.2 Å². The zero-order valence-electron chi connectivity index (χ0n) is 16.7. The molecule has 3 amide bonds. The standard InChI is InChI=1S/C22H28N4O3/c23-13-22-7-1-2-15(9-22)11-25(22)10-14-3-4-17-16(8-14)12-26(21(17)29)18-5-6-19(27)24-20(18)28/h3-4,8,15,18H,1-2,5-7,9-13,23H2,(H,24,27,28). The highest BCUT2D eigenvalue weighted by molar-refractivity contribution is 6.05. The van der Waals surface area contributed by atoms with Crippen molar-refractivity contribution in [3.8, 4) is 0 Å². The van der Waals surface area contributed by atoms with Gasteiger partial charge >= 0.3 is 0 Å². The highest BCUT2D eigenvalue weighted by Crippen LogP contribution is 2.44. The van der Waals surface area contributed by atoms with Gasteiger partial charge in [0.15, 0.2) is 0 Å². The second-order valence-electron chi connectivity index (χ2n) is 9.16. The third kappa shape index (κ3) is 3.07. The minimum absolute atomic E-state index is 0.114. The van der Waals surface area contributed by atoms with Crippen LogP contribution in [0, 0.1) is 5.92 Å². The molecule has 1 aromatic rings. The molecule has 1 aliphatic carbocycles. The van der Waals surface area contributed by atoms with Crippen molar-refractivity contribution in [1.82, 2.24) is 15.1 Å². The summed E-state index contributed by atoms with van der Waals surface area (Å²) in [5.41, 5.74) is 9.17. The molecule has 4 aliphatic rings. The first-order valence-electron chi connectivity index (χ1n) is 10.7. The van der Waals surface area contributed by atoms with E-state index in [1.54, 1.807) is 4.90 Å². The Morgan fingerprint density at radius 3 is 2.86 bits per heavy atom. The number of nitrogens with two attached hydrogens (primary N) is 1. The van der Waals surface area contributed by atoms with Crippen molar-refractivity contribution in [2.24, 2.45) is 11.7 Å². The van der Waals surface area contributed by atoms with Crippen molar-refractivity contribution >= 4 is 17.7 Å². The first kappa shape index (κ1) is 18.8. The molecule has 0 spiro atoms. The SMILES string of the molecule is NCC12CCCC(CN1Cc1ccc3c(c1)CN(C1CCC(=O)NC1=O)C3=O)C2. The summed E-state index contributed by atoms with van der Waals surface area (Å²) in [5.74, 6) is 0.0158. The smallest absolute Gasteiger partial charge is 0.255 e. The normalized spacial score (nSPS) is 31.9. The molecule has 0 radical (unpaired) electrons. The van der Waals surface area contributed by atoms with Gasteiger partial charge in [0.1, 0.15) is 6.04 Å². The van der Waals surface area contributed by atoms with Crippen LogP contribution in [0.25, 0.3) is 0 Å². The molecular formula is C22H28N4O3. The number of benzene rings is 1. The summed E-state index contributed by atoms with van der Waals surface area (Å²) in [6.07, 6.45) is 5.61. The lowest BCUT2D eigenvalue weighted by atomic mass is 9.80. The van der Waals surface area contributed by atoms with E-state index in [1.807, 2.05) is 12.1 Å². The number of fused-ring (bicyclic) bond motifs is 3. The summed E-state index contributed by atoms with van der Waals surface area (Å²) in [7, 11) is 0. The fourth-order valence-electron chi connectivity index (χ4n) is 5.90. The topological polar surface area (TPSA) is 95.7 Å². The maximum absolute atomic E-state index is 12.9. The maximum Gasteiger partial charge on any atom is 0.255 e. The average Bonchev–Trinajstić information content (AvgIpc) is 3.15. The molecule has 3 fully saturated rings. The Bertz CT molecular complexity index is 885. The van der Waals surface area contributed by atoms with Crippen LogP contribution in [0.4, 0.5) is 0 Å². The van der Waals surface area contributed by atoms with E-state index in [0.717, 1.165) is 24.6 Å². The van der Waals surface area contributed by atoms with Crippen LogP contribution in [0.3, 0.4) is 0 Å². The Hall–Kier alpha value is -2.25. The van der Waals surface area contributed by atoms with E-state index in [0.29, 0.717) is 25.1 Å². The minimum atomic E-state index is -0.561. The molecule has 2 saturated heterocycles. The Balaban J connectivity index is 1.34. The van der Waals surface area contributed by atoms with Crippen molar-refractivity contribution in [2.75, 3.05) is 13.1 Å². The number of nitrogens with one attached hydrogen (secondary N) is 1. The summed E-state index contributed by atoms with van der Waals surface area (Å²) in [6.45, 7) is 3.10. The van der Waals surface area contributed by atoms with Crippen molar-refractivity contribution < 1.29 is 14.4 Å². The summed E-state index contributed by atoms with van der Waals surface area (Å²) in [5, 5.41) is 2.35. The fraction of sp³-hybridized carbons (Fsp3) is 0.591. The molecule has 3 N–H and O–H groups in total. The molecule has 5 rings (SSSR count). The van der Waals surface area contributed by atoms with E-state index in [1.165, 1.54) is 31.2 Å². The number of carbonyl (C=O) groups excluding carboxylic acids is 3. The summed E-state index contributed by atoms with van der Waals surface area (Å²) in [4.78, 5) is 40.7. The largest absolute Gasteiger partial charge is 0.329 e. The molecule has 3 aliphatic heterocycles. The average molecular weight is 396 g/mol. The summed E-state index contributed by atoms with van der Waals surface area (Å²) in [6, 6.07) is 5.49. The second kappa shape index (κ2) is 6.92. The van der Waals surface area contributed by atoms with E-state index in [-0.39, 0.29) is 29.7 Å². The molecule has 29 heavy (non-hydrogen) atoms. The van der Waals surface area contributed by atoms with Gasteiger partial charge in [0.25, 0.3) is 5.91 Å². The minimum Gasteiger partial charge on any atom is -0.329 e. The lowest BCUT2D eigenvalue weighted by molar-refractivity contribution is -0.136. The summed E-state index contributed by atoms with van der Waals surface area (Å²) >= 11 is 0. The quantitative estimate of drug-likeness (QED) is 0.745. The first-order valence-corrected chi connectivity index (χ1v) is 10.7. The summed E-state index contributed by atoms with van der Waals surface area (Å²) < 4.78 is 0. The van der Waals surface area contributed by atoms with Crippen molar-refractivity contribution in [1.29, 1.82) is 0 Å². The highest BCUT2D eigenvalue weighted by Gasteiger charge is 2.46. The van der Waals surface area contributed by atoms with Gasteiger partial charge < -0.3 is 10.6 Å². The number of imide groups is 1. The number of rotatable bonds is 4. The van der Waals surface area contributed by atoms with Crippen molar-refractivity contribution in [3.63, 3.8) is 0 Å². The Morgan fingerprint density at radius 2 is 2.07 bits per heavy atom. The van der Waals surface area contributed by atoms with Crippen LogP contribution in [0.1, 0.15) is 60.0 Å². The monoisotopic (exact) mass is 396 g/mol. The zero-order chi connectivity index (χ0) is 20.2. The molecule has 154 valence electrons. The zero-order valence-corrected chi connectivity index (χ0v) is 16.7. The van der Waals surface area contributed by atoms with Crippen molar-refractivity contribution in [3.05, 3.63) is 34.9 Å². The van der Waals surface area contributed by atoms with E-state index in [4.69, 9.17) is 5.73 Å². The predicted octanol–water partition coefficient (Wildman–Crippen LogP) is 1.15. The van der Waals surface area contributed by atoms with Gasteiger partial charge in [-0.15, -0.1) is 0 Å². The van der Waals surface area contributed by atoms with Crippen LogP contribution < -0.4 is 11.1 Å². The lowest BCUT2D eigenvalue weighted by Crippen LogP contribution is -2.52. The lowest BCUT2D eigenvalue weighted by Gasteiger charge is -2.39. The molecule has 3 atom stereocenters. The number of hydrogen-bond donors (Lipinski definition) is 2. The Kier molecular flexibility index (Phi) is 4.47. The molecule has 0 aromatic heterocycles. The third-order valence-corrected chi connectivity index (χ3v) is 7.41. The van der Waals surface area contributed by atoms with Gasteiger partial charge in [-0.2, -0.15) is 0 Å². The molecule has 2 bridgehead atoms. The van der Waals surface area contributed by atoms with Crippen LogP contribution in [-0.2, 0) is 22.7 Å².